The van der Waals surface area contributed by atoms with Gasteiger partial charge in [0.05, 0.1) is 7.11 Å². The van der Waals surface area contributed by atoms with Crippen LogP contribution in [0.3, 0.4) is 0 Å². The number of benzene rings is 2. The third-order valence-corrected chi connectivity index (χ3v) is 3.49. The van der Waals surface area contributed by atoms with Crippen molar-refractivity contribution in [3.63, 3.8) is 0 Å². The fraction of sp³-hybridized carbons (Fsp3) is 0.167. The number of ketones is 1. The zero-order valence-corrected chi connectivity index (χ0v) is 13.2. The Morgan fingerprint density at radius 2 is 1.92 bits per heavy atom. The SMILES string of the molecule is COc1ccc(/C=C/C(=O)c2ccc3c(c2)OCO3)cc1OC(F)F. The van der Waals surface area contributed by atoms with E-state index < -0.39 is 6.61 Å². The van der Waals surface area contributed by atoms with Crippen LogP contribution in [0.1, 0.15) is 15.9 Å². The van der Waals surface area contributed by atoms with Crippen molar-refractivity contribution >= 4 is 11.9 Å². The van der Waals surface area contributed by atoms with Crippen LogP contribution < -0.4 is 18.9 Å². The molecule has 0 atom stereocenters. The number of methoxy groups -OCH3 is 1. The molecule has 0 unspecified atom stereocenters. The fourth-order valence-corrected chi connectivity index (χ4v) is 2.30. The topological polar surface area (TPSA) is 54.0 Å². The summed E-state index contributed by atoms with van der Waals surface area (Å²) in [6.07, 6.45) is 2.84. The van der Waals surface area contributed by atoms with Gasteiger partial charge in [-0.3, -0.25) is 4.79 Å². The van der Waals surface area contributed by atoms with Gasteiger partial charge in [-0.25, -0.2) is 0 Å². The van der Waals surface area contributed by atoms with E-state index >= 15 is 0 Å². The molecule has 0 saturated carbocycles. The smallest absolute Gasteiger partial charge is 0.387 e. The number of carbonyl (C=O) groups is 1. The van der Waals surface area contributed by atoms with Gasteiger partial charge in [0.25, 0.3) is 0 Å². The maximum absolute atomic E-state index is 12.4. The molecule has 3 rings (SSSR count). The molecule has 0 spiro atoms. The quantitative estimate of drug-likeness (QED) is 0.585. The van der Waals surface area contributed by atoms with Gasteiger partial charge in [-0.15, -0.1) is 0 Å². The predicted octanol–water partition coefficient (Wildman–Crippen LogP) is 3.92. The van der Waals surface area contributed by atoms with Crippen molar-refractivity contribution in [3.05, 3.63) is 53.6 Å². The molecule has 2 aromatic carbocycles. The summed E-state index contributed by atoms with van der Waals surface area (Å²) in [6.45, 7) is -2.84. The molecule has 0 saturated heterocycles. The van der Waals surface area contributed by atoms with Gasteiger partial charge in [0.1, 0.15) is 0 Å². The molecule has 1 aliphatic heterocycles. The monoisotopic (exact) mass is 348 g/mol. The standard InChI is InChI=1S/C18H14F2O5/c1-22-14-6-3-11(8-17(14)25-18(19)20)2-5-13(21)12-4-7-15-16(9-12)24-10-23-15/h2-9,18H,10H2,1H3/b5-2+. The van der Waals surface area contributed by atoms with E-state index in [2.05, 4.69) is 4.74 Å². The zero-order valence-electron chi connectivity index (χ0n) is 13.2. The van der Waals surface area contributed by atoms with Gasteiger partial charge in [0.15, 0.2) is 28.8 Å². The molecule has 25 heavy (non-hydrogen) atoms. The second-order valence-electron chi connectivity index (χ2n) is 5.05. The zero-order chi connectivity index (χ0) is 17.8. The highest BCUT2D eigenvalue weighted by Gasteiger charge is 2.15. The van der Waals surface area contributed by atoms with Gasteiger partial charge in [0.2, 0.25) is 6.79 Å². The van der Waals surface area contributed by atoms with Crippen LogP contribution in [-0.4, -0.2) is 26.3 Å². The van der Waals surface area contributed by atoms with Gasteiger partial charge >= 0.3 is 6.61 Å². The first-order valence-corrected chi connectivity index (χ1v) is 7.32. The Hall–Kier alpha value is -3.09. The Morgan fingerprint density at radius 1 is 1.12 bits per heavy atom. The molecule has 7 heteroatoms. The van der Waals surface area contributed by atoms with E-state index in [-0.39, 0.29) is 24.1 Å². The van der Waals surface area contributed by atoms with Gasteiger partial charge < -0.3 is 18.9 Å². The van der Waals surface area contributed by atoms with E-state index in [0.717, 1.165) is 0 Å². The number of hydrogen-bond donors (Lipinski definition) is 0. The number of halogens is 2. The van der Waals surface area contributed by atoms with E-state index in [1.807, 2.05) is 0 Å². The van der Waals surface area contributed by atoms with E-state index in [1.54, 1.807) is 24.3 Å². The van der Waals surface area contributed by atoms with Crippen molar-refractivity contribution in [2.45, 2.75) is 6.61 Å². The van der Waals surface area contributed by atoms with E-state index in [1.165, 1.54) is 31.4 Å². The van der Waals surface area contributed by atoms with Crippen molar-refractivity contribution in [3.8, 4) is 23.0 Å². The lowest BCUT2D eigenvalue weighted by Crippen LogP contribution is -2.03. The Bertz CT molecular complexity index is 817. The first-order valence-electron chi connectivity index (χ1n) is 7.32. The minimum atomic E-state index is -2.97. The van der Waals surface area contributed by atoms with Crippen molar-refractivity contribution in [2.75, 3.05) is 13.9 Å². The van der Waals surface area contributed by atoms with Crippen LogP contribution in [-0.2, 0) is 0 Å². The maximum atomic E-state index is 12.4. The average Bonchev–Trinajstić information content (AvgIpc) is 3.07. The molecule has 0 radical (unpaired) electrons. The highest BCUT2D eigenvalue weighted by atomic mass is 19.3. The van der Waals surface area contributed by atoms with Crippen LogP contribution in [0.4, 0.5) is 8.78 Å². The molecule has 2 aromatic rings. The number of carbonyl (C=O) groups excluding carboxylic acids is 1. The Balaban J connectivity index is 1.78. The number of allylic oxidation sites excluding steroid dienone is 1. The second kappa shape index (κ2) is 7.21. The summed E-state index contributed by atoms with van der Waals surface area (Å²) in [5.74, 6) is 0.918. The normalized spacial score (nSPS) is 12.6. The van der Waals surface area contributed by atoms with Crippen molar-refractivity contribution in [2.24, 2.45) is 0 Å². The number of hydrogen-bond acceptors (Lipinski definition) is 5. The van der Waals surface area contributed by atoms with E-state index in [9.17, 15) is 13.6 Å². The average molecular weight is 348 g/mol. The van der Waals surface area contributed by atoms with Crippen LogP contribution in [0.25, 0.3) is 6.08 Å². The summed E-state index contributed by atoms with van der Waals surface area (Å²) >= 11 is 0. The van der Waals surface area contributed by atoms with Crippen LogP contribution >= 0.6 is 0 Å². The van der Waals surface area contributed by atoms with E-state index in [4.69, 9.17) is 14.2 Å². The van der Waals surface area contributed by atoms with Crippen molar-refractivity contribution in [1.29, 1.82) is 0 Å². The minimum absolute atomic E-state index is 0.102. The maximum Gasteiger partial charge on any atom is 0.387 e. The van der Waals surface area contributed by atoms with Gasteiger partial charge in [-0.05, 0) is 42.0 Å². The molecule has 0 bridgehead atoms. The Kier molecular flexibility index (Phi) is 4.83. The summed E-state index contributed by atoms with van der Waals surface area (Å²) in [5, 5.41) is 0. The van der Waals surface area contributed by atoms with Crippen LogP contribution in [0.15, 0.2) is 42.5 Å². The summed E-state index contributed by atoms with van der Waals surface area (Å²) in [7, 11) is 1.35. The summed E-state index contributed by atoms with van der Waals surface area (Å²) in [6, 6.07) is 9.36. The number of rotatable bonds is 6. The summed E-state index contributed by atoms with van der Waals surface area (Å²) in [5.41, 5.74) is 0.948. The summed E-state index contributed by atoms with van der Waals surface area (Å²) in [4.78, 5) is 12.2. The van der Waals surface area contributed by atoms with Crippen molar-refractivity contribution in [1.82, 2.24) is 0 Å². The number of ether oxygens (including phenoxy) is 4. The van der Waals surface area contributed by atoms with Gasteiger partial charge in [-0.2, -0.15) is 8.78 Å². The molecule has 130 valence electrons. The molecule has 0 amide bonds. The molecular weight excluding hydrogens is 334 g/mol. The van der Waals surface area contributed by atoms with Gasteiger partial charge in [0, 0.05) is 5.56 Å². The molecule has 0 aromatic heterocycles. The highest BCUT2D eigenvalue weighted by Crippen LogP contribution is 2.33. The third-order valence-electron chi connectivity index (χ3n) is 3.49. The highest BCUT2D eigenvalue weighted by molar-refractivity contribution is 6.07. The van der Waals surface area contributed by atoms with Gasteiger partial charge in [-0.1, -0.05) is 12.1 Å². The molecule has 1 heterocycles. The molecular formula is C18H14F2O5. The molecule has 5 nitrogen and oxygen atoms in total. The molecule has 0 N–H and O–H groups in total. The second-order valence-corrected chi connectivity index (χ2v) is 5.05. The lowest BCUT2D eigenvalue weighted by atomic mass is 10.1. The number of fused-ring (bicyclic) bond motifs is 1. The number of alkyl halides is 2. The Morgan fingerprint density at radius 3 is 2.68 bits per heavy atom. The first-order chi connectivity index (χ1) is 12.1. The van der Waals surface area contributed by atoms with Crippen molar-refractivity contribution < 1.29 is 32.5 Å². The first kappa shape index (κ1) is 16.8. The van der Waals surface area contributed by atoms with Crippen LogP contribution in [0.2, 0.25) is 0 Å². The molecule has 0 aliphatic carbocycles. The van der Waals surface area contributed by atoms with E-state index in [0.29, 0.717) is 22.6 Å². The van der Waals surface area contributed by atoms with Crippen LogP contribution in [0, 0.1) is 0 Å². The predicted molar refractivity (Wildman–Crippen MR) is 85.6 cm³/mol. The largest absolute Gasteiger partial charge is 0.493 e. The third kappa shape index (κ3) is 3.88. The Labute approximate surface area is 142 Å². The summed E-state index contributed by atoms with van der Waals surface area (Å²) < 4.78 is 44.7. The minimum Gasteiger partial charge on any atom is -0.493 e. The molecule has 1 aliphatic rings. The fourth-order valence-electron chi connectivity index (χ4n) is 2.30. The lowest BCUT2D eigenvalue weighted by molar-refractivity contribution is -0.0512. The van der Waals surface area contributed by atoms with Crippen LogP contribution in [0.5, 0.6) is 23.0 Å². The molecule has 0 fully saturated rings. The lowest BCUT2D eigenvalue weighted by Gasteiger charge is -2.10.